The van der Waals surface area contributed by atoms with Gasteiger partial charge in [0, 0.05) is 17.6 Å². The molecule has 0 unspecified atom stereocenters. The normalized spacial score (nSPS) is 29.0. The Labute approximate surface area is 100 Å². The summed E-state index contributed by atoms with van der Waals surface area (Å²) < 4.78 is 2.19. The second-order valence-electron chi connectivity index (χ2n) is 5.09. The lowest BCUT2D eigenvalue weighted by Crippen LogP contribution is -2.08. The Morgan fingerprint density at radius 3 is 2.88 bits per heavy atom. The lowest BCUT2D eigenvalue weighted by molar-refractivity contribution is 0.139. The van der Waals surface area contributed by atoms with E-state index in [4.69, 9.17) is 0 Å². The van der Waals surface area contributed by atoms with E-state index in [1.807, 2.05) is 6.92 Å². The van der Waals surface area contributed by atoms with Crippen LogP contribution < -0.4 is 0 Å². The Kier molecular flexibility index (Phi) is 2.40. The minimum Gasteiger partial charge on any atom is -0.393 e. The molecule has 0 saturated heterocycles. The number of aliphatic hydroxyl groups excluding tert-OH is 1. The summed E-state index contributed by atoms with van der Waals surface area (Å²) in [5.74, 6) is 0.375. The molecule has 1 aliphatic rings. The third-order valence-electron chi connectivity index (χ3n) is 3.92. The number of nitrogens with zero attached hydrogens (tertiary/aromatic N) is 3. The van der Waals surface area contributed by atoms with Crippen LogP contribution in [0.25, 0.3) is 11.0 Å². The molecule has 3 atom stereocenters. The lowest BCUT2D eigenvalue weighted by atomic mass is 10.1. The van der Waals surface area contributed by atoms with Gasteiger partial charge in [-0.2, -0.15) is 0 Å². The molecule has 17 heavy (non-hydrogen) atoms. The number of aliphatic hydroxyl groups is 1. The topological polar surface area (TPSA) is 50.9 Å². The van der Waals surface area contributed by atoms with Gasteiger partial charge in [-0.05, 0) is 31.7 Å². The second kappa shape index (κ2) is 3.81. The fourth-order valence-corrected chi connectivity index (χ4v) is 2.81. The largest absolute Gasteiger partial charge is 0.393 e. The first-order valence-corrected chi connectivity index (χ1v) is 6.13. The van der Waals surface area contributed by atoms with Gasteiger partial charge in [-0.1, -0.05) is 6.92 Å². The highest BCUT2D eigenvalue weighted by Crippen LogP contribution is 2.36. The van der Waals surface area contributed by atoms with Crippen molar-refractivity contribution in [1.82, 2.24) is 14.5 Å². The van der Waals surface area contributed by atoms with Crippen LogP contribution in [0, 0.1) is 12.8 Å². The number of hydrogen-bond donors (Lipinski definition) is 1. The number of rotatable bonds is 1. The minimum atomic E-state index is -0.180. The molecular weight excluding hydrogens is 214 g/mol. The first kappa shape index (κ1) is 10.7. The van der Waals surface area contributed by atoms with E-state index in [1.54, 1.807) is 6.33 Å². The van der Waals surface area contributed by atoms with E-state index in [2.05, 4.69) is 33.7 Å². The van der Waals surface area contributed by atoms with Crippen molar-refractivity contribution in [1.29, 1.82) is 0 Å². The van der Waals surface area contributed by atoms with Crippen molar-refractivity contribution in [3.63, 3.8) is 0 Å². The fraction of sp³-hybridized carbons (Fsp3) is 0.538. The maximum absolute atomic E-state index is 9.85. The summed E-state index contributed by atoms with van der Waals surface area (Å²) in [6.07, 6.45) is 5.35. The number of hydrogen-bond acceptors (Lipinski definition) is 3. The van der Waals surface area contributed by atoms with Gasteiger partial charge in [0.25, 0.3) is 0 Å². The van der Waals surface area contributed by atoms with Crippen LogP contribution in [0.3, 0.4) is 0 Å². The molecule has 0 spiro atoms. The van der Waals surface area contributed by atoms with E-state index in [9.17, 15) is 5.11 Å². The van der Waals surface area contributed by atoms with Crippen LogP contribution in [0.1, 0.15) is 31.5 Å². The van der Waals surface area contributed by atoms with E-state index in [0.717, 1.165) is 29.6 Å². The highest BCUT2D eigenvalue weighted by molar-refractivity contribution is 5.78. The maximum atomic E-state index is 9.85. The maximum Gasteiger partial charge on any atom is 0.143 e. The summed E-state index contributed by atoms with van der Waals surface area (Å²) in [6, 6.07) is 2.44. The molecule has 1 saturated carbocycles. The zero-order valence-electron chi connectivity index (χ0n) is 10.2. The summed E-state index contributed by atoms with van der Waals surface area (Å²) in [4.78, 5) is 8.57. The Morgan fingerprint density at radius 1 is 1.35 bits per heavy atom. The van der Waals surface area contributed by atoms with Gasteiger partial charge in [-0.15, -0.1) is 0 Å². The smallest absolute Gasteiger partial charge is 0.143 e. The Bertz CT molecular complexity index is 539. The quantitative estimate of drug-likeness (QED) is 0.817. The molecule has 4 heteroatoms. The third kappa shape index (κ3) is 1.63. The summed E-state index contributed by atoms with van der Waals surface area (Å²) >= 11 is 0. The highest BCUT2D eigenvalue weighted by atomic mass is 16.3. The average molecular weight is 231 g/mol. The summed E-state index contributed by atoms with van der Waals surface area (Å²) in [5.41, 5.74) is 2.00. The van der Waals surface area contributed by atoms with Crippen LogP contribution in [0.15, 0.2) is 18.6 Å². The van der Waals surface area contributed by atoms with Crippen molar-refractivity contribution in [2.45, 2.75) is 38.8 Å². The van der Waals surface area contributed by atoms with Gasteiger partial charge in [0.15, 0.2) is 0 Å². The van der Waals surface area contributed by atoms with Crippen molar-refractivity contribution in [2.75, 3.05) is 0 Å². The first-order chi connectivity index (χ1) is 8.16. The first-order valence-electron chi connectivity index (χ1n) is 6.13. The van der Waals surface area contributed by atoms with Crippen LogP contribution in [-0.2, 0) is 0 Å². The van der Waals surface area contributed by atoms with E-state index in [1.165, 1.54) is 0 Å². The van der Waals surface area contributed by atoms with Crippen LogP contribution in [0.4, 0.5) is 0 Å². The molecule has 3 rings (SSSR count). The van der Waals surface area contributed by atoms with Gasteiger partial charge >= 0.3 is 0 Å². The molecule has 2 aromatic rings. The summed E-state index contributed by atoms with van der Waals surface area (Å²) in [7, 11) is 0. The monoisotopic (exact) mass is 231 g/mol. The zero-order chi connectivity index (χ0) is 12.0. The minimum absolute atomic E-state index is 0.180. The van der Waals surface area contributed by atoms with Gasteiger partial charge in [0.05, 0.1) is 11.8 Å². The molecule has 0 radical (unpaired) electrons. The van der Waals surface area contributed by atoms with Crippen LogP contribution in [-0.4, -0.2) is 25.7 Å². The summed E-state index contributed by atoms with van der Waals surface area (Å²) in [5, 5.41) is 11.0. The predicted octanol–water partition coefficient (Wildman–Crippen LogP) is 2.07. The third-order valence-corrected chi connectivity index (χ3v) is 3.92. The van der Waals surface area contributed by atoms with E-state index >= 15 is 0 Å². The van der Waals surface area contributed by atoms with Gasteiger partial charge in [-0.3, -0.25) is 0 Å². The molecule has 0 aliphatic heterocycles. The van der Waals surface area contributed by atoms with Gasteiger partial charge < -0.3 is 9.67 Å². The van der Waals surface area contributed by atoms with Crippen LogP contribution >= 0.6 is 0 Å². The molecule has 2 heterocycles. The zero-order valence-corrected chi connectivity index (χ0v) is 10.2. The van der Waals surface area contributed by atoms with Crippen molar-refractivity contribution < 1.29 is 5.11 Å². The average Bonchev–Trinajstić information content (AvgIpc) is 2.85. The molecule has 2 aromatic heterocycles. The molecule has 0 aromatic carbocycles. The van der Waals surface area contributed by atoms with Crippen molar-refractivity contribution in [2.24, 2.45) is 5.92 Å². The lowest BCUT2D eigenvalue weighted by Gasteiger charge is -2.12. The van der Waals surface area contributed by atoms with Gasteiger partial charge in [-0.25, -0.2) is 9.97 Å². The molecular formula is C13H17N3O. The van der Waals surface area contributed by atoms with Crippen LogP contribution in [0.2, 0.25) is 0 Å². The Balaban J connectivity index is 2.04. The number of fused-ring (bicyclic) bond motifs is 1. The predicted molar refractivity (Wildman–Crippen MR) is 65.7 cm³/mol. The Hall–Kier alpha value is -1.42. The molecule has 1 N–H and O–H groups in total. The fourth-order valence-electron chi connectivity index (χ4n) is 2.81. The van der Waals surface area contributed by atoms with Crippen molar-refractivity contribution in [3.05, 3.63) is 24.3 Å². The van der Waals surface area contributed by atoms with Gasteiger partial charge in [0.1, 0.15) is 12.0 Å². The van der Waals surface area contributed by atoms with Gasteiger partial charge in [0.2, 0.25) is 0 Å². The van der Waals surface area contributed by atoms with E-state index in [0.29, 0.717) is 12.0 Å². The van der Waals surface area contributed by atoms with E-state index < -0.39 is 0 Å². The molecule has 0 amide bonds. The molecule has 90 valence electrons. The standard InChI is InChI=1S/C13H17N3O/c1-8-5-10(6-12(8)17)16-4-3-11-9(2)14-7-15-13(11)16/h3-4,7-8,10,12,17H,5-6H2,1-2H3/t8-,10+,12-/m0/s1. The molecule has 4 nitrogen and oxygen atoms in total. The van der Waals surface area contributed by atoms with Crippen LogP contribution in [0.5, 0.6) is 0 Å². The number of aromatic nitrogens is 3. The molecule has 1 fully saturated rings. The Morgan fingerprint density at radius 2 is 2.18 bits per heavy atom. The summed E-state index contributed by atoms with van der Waals surface area (Å²) in [6.45, 7) is 4.11. The van der Waals surface area contributed by atoms with Crippen molar-refractivity contribution >= 4 is 11.0 Å². The number of aryl methyl sites for hydroxylation is 1. The SMILES string of the molecule is Cc1ncnc2c1ccn2[C@@H]1C[C@H](C)[C@@H](O)C1. The molecule has 0 bridgehead atoms. The molecule has 1 aliphatic carbocycles. The second-order valence-corrected chi connectivity index (χ2v) is 5.09. The van der Waals surface area contributed by atoms with Crippen molar-refractivity contribution in [3.8, 4) is 0 Å². The van der Waals surface area contributed by atoms with E-state index in [-0.39, 0.29) is 6.10 Å². The highest BCUT2D eigenvalue weighted by Gasteiger charge is 2.31.